The van der Waals surface area contributed by atoms with Gasteiger partial charge in [0.1, 0.15) is 0 Å². The predicted molar refractivity (Wildman–Crippen MR) is 86.2 cm³/mol. The zero-order valence-electron chi connectivity index (χ0n) is 10.4. The van der Waals surface area contributed by atoms with E-state index in [0.717, 1.165) is 14.7 Å². The van der Waals surface area contributed by atoms with E-state index in [1.54, 1.807) is 6.08 Å². The van der Waals surface area contributed by atoms with Crippen molar-refractivity contribution in [3.8, 4) is 0 Å². The van der Waals surface area contributed by atoms with E-state index in [0.29, 0.717) is 11.6 Å². The number of aliphatic imine (C=N–C) groups is 1. The molecule has 98 valence electrons. The smallest absolute Gasteiger partial charge is 0.363 e. The van der Waals surface area contributed by atoms with Crippen LogP contribution in [0, 0.1) is 3.57 Å². The van der Waals surface area contributed by atoms with Crippen LogP contribution in [0.5, 0.6) is 0 Å². The van der Waals surface area contributed by atoms with Crippen molar-refractivity contribution in [2.45, 2.75) is 0 Å². The van der Waals surface area contributed by atoms with Gasteiger partial charge < -0.3 is 4.74 Å². The van der Waals surface area contributed by atoms with E-state index in [-0.39, 0.29) is 0 Å². The number of esters is 1. The van der Waals surface area contributed by atoms with Gasteiger partial charge in [-0.25, -0.2) is 9.79 Å². The maximum Gasteiger partial charge on any atom is 0.363 e. The fraction of sp³-hybridized carbons (Fsp3) is 0. The zero-order valence-corrected chi connectivity index (χ0v) is 12.6. The first-order chi connectivity index (χ1) is 9.72. The molecule has 0 N–H and O–H groups in total. The van der Waals surface area contributed by atoms with Crippen LogP contribution in [0.1, 0.15) is 11.1 Å². The Kier molecular flexibility index (Phi) is 3.64. The van der Waals surface area contributed by atoms with Gasteiger partial charge in [-0.3, -0.25) is 0 Å². The van der Waals surface area contributed by atoms with Crippen LogP contribution in [0.15, 0.2) is 65.3 Å². The Balaban J connectivity index is 1.93. The first-order valence-corrected chi connectivity index (χ1v) is 7.14. The van der Waals surface area contributed by atoms with Crippen molar-refractivity contribution in [2.75, 3.05) is 0 Å². The second-order valence-electron chi connectivity index (χ2n) is 4.25. The van der Waals surface area contributed by atoms with E-state index < -0.39 is 5.97 Å². The van der Waals surface area contributed by atoms with Gasteiger partial charge in [-0.05, 0) is 58.5 Å². The molecule has 1 heterocycles. The van der Waals surface area contributed by atoms with E-state index in [2.05, 4.69) is 27.6 Å². The molecule has 0 spiro atoms. The SMILES string of the molecule is O=C1OC(c2ccc(I)cc2)=NC1=Cc1ccccc1. The summed E-state index contributed by atoms with van der Waals surface area (Å²) >= 11 is 2.22. The van der Waals surface area contributed by atoms with E-state index >= 15 is 0 Å². The van der Waals surface area contributed by atoms with Crippen molar-refractivity contribution >= 4 is 40.5 Å². The Morgan fingerprint density at radius 1 is 1.00 bits per heavy atom. The monoisotopic (exact) mass is 375 g/mol. The number of ether oxygens (including phenoxy) is 1. The number of cyclic esters (lactones) is 1. The molecule has 0 saturated heterocycles. The van der Waals surface area contributed by atoms with Crippen molar-refractivity contribution in [3.63, 3.8) is 0 Å². The lowest BCUT2D eigenvalue weighted by molar-refractivity contribution is -0.129. The van der Waals surface area contributed by atoms with Crippen molar-refractivity contribution < 1.29 is 9.53 Å². The minimum absolute atomic E-state index is 0.324. The summed E-state index contributed by atoms with van der Waals surface area (Å²) in [6.45, 7) is 0. The predicted octanol–water partition coefficient (Wildman–Crippen LogP) is 3.64. The standard InChI is InChI=1S/C16H10INO2/c17-13-8-6-12(7-9-13)15-18-14(16(19)20-15)10-11-4-2-1-3-5-11/h1-10H. The molecule has 0 atom stereocenters. The van der Waals surface area contributed by atoms with Crippen LogP contribution >= 0.6 is 22.6 Å². The Hall–Kier alpha value is -1.95. The quantitative estimate of drug-likeness (QED) is 0.457. The molecule has 0 aliphatic carbocycles. The van der Waals surface area contributed by atoms with Gasteiger partial charge in [0.15, 0.2) is 5.70 Å². The van der Waals surface area contributed by atoms with Gasteiger partial charge in [0.2, 0.25) is 5.90 Å². The summed E-state index contributed by atoms with van der Waals surface area (Å²) in [6.07, 6.45) is 1.72. The third kappa shape index (κ3) is 2.80. The molecule has 1 aliphatic heterocycles. The molecule has 4 heteroatoms. The first kappa shape index (κ1) is 13.1. The lowest BCUT2D eigenvalue weighted by Crippen LogP contribution is -2.05. The van der Waals surface area contributed by atoms with Crippen LogP contribution in [0.3, 0.4) is 0 Å². The Morgan fingerprint density at radius 2 is 1.70 bits per heavy atom. The molecule has 0 radical (unpaired) electrons. The number of nitrogens with zero attached hydrogens (tertiary/aromatic N) is 1. The number of carbonyl (C=O) groups is 1. The van der Waals surface area contributed by atoms with Crippen LogP contribution < -0.4 is 0 Å². The highest BCUT2D eigenvalue weighted by molar-refractivity contribution is 14.1. The van der Waals surface area contributed by atoms with Crippen molar-refractivity contribution in [2.24, 2.45) is 4.99 Å². The molecule has 20 heavy (non-hydrogen) atoms. The molecule has 3 rings (SSSR count). The summed E-state index contributed by atoms with van der Waals surface area (Å²) in [5.41, 5.74) is 2.05. The van der Waals surface area contributed by atoms with E-state index in [1.165, 1.54) is 0 Å². The zero-order chi connectivity index (χ0) is 13.9. The summed E-state index contributed by atoms with van der Waals surface area (Å²) < 4.78 is 6.33. The number of hydrogen-bond acceptors (Lipinski definition) is 3. The topological polar surface area (TPSA) is 38.7 Å². The fourth-order valence-corrected chi connectivity index (χ4v) is 2.19. The van der Waals surface area contributed by atoms with Crippen molar-refractivity contribution in [1.82, 2.24) is 0 Å². The Morgan fingerprint density at radius 3 is 2.40 bits per heavy atom. The third-order valence-electron chi connectivity index (χ3n) is 2.81. The van der Waals surface area contributed by atoms with Gasteiger partial charge in [0.25, 0.3) is 0 Å². The average Bonchev–Trinajstić information content (AvgIpc) is 2.82. The number of rotatable bonds is 2. The van der Waals surface area contributed by atoms with Gasteiger partial charge in [-0.15, -0.1) is 0 Å². The maximum atomic E-state index is 11.8. The number of halogens is 1. The second kappa shape index (κ2) is 5.58. The van der Waals surface area contributed by atoms with Crippen molar-refractivity contribution in [3.05, 3.63) is 75.0 Å². The van der Waals surface area contributed by atoms with Crippen LogP contribution in [-0.2, 0) is 9.53 Å². The molecule has 0 unspecified atom stereocenters. The molecule has 0 saturated carbocycles. The maximum absolute atomic E-state index is 11.8. The molecule has 1 aliphatic rings. The van der Waals surface area contributed by atoms with Gasteiger partial charge >= 0.3 is 5.97 Å². The molecule has 0 amide bonds. The summed E-state index contributed by atoms with van der Waals surface area (Å²) in [5, 5.41) is 0. The summed E-state index contributed by atoms with van der Waals surface area (Å²) in [6, 6.07) is 17.3. The lowest BCUT2D eigenvalue weighted by atomic mass is 10.2. The highest BCUT2D eigenvalue weighted by atomic mass is 127. The second-order valence-corrected chi connectivity index (χ2v) is 5.50. The van der Waals surface area contributed by atoms with Gasteiger partial charge in [0, 0.05) is 9.13 Å². The summed E-state index contributed by atoms with van der Waals surface area (Å²) in [7, 11) is 0. The molecule has 0 fully saturated rings. The molecular formula is C16H10INO2. The molecule has 2 aromatic rings. The normalized spacial score (nSPS) is 16.1. The van der Waals surface area contributed by atoms with Gasteiger partial charge in [-0.1, -0.05) is 30.3 Å². The molecule has 0 aromatic heterocycles. The average molecular weight is 375 g/mol. The highest BCUT2D eigenvalue weighted by Crippen LogP contribution is 2.19. The highest BCUT2D eigenvalue weighted by Gasteiger charge is 2.23. The summed E-state index contributed by atoms with van der Waals surface area (Å²) in [5.74, 6) is -0.0593. The minimum Gasteiger partial charge on any atom is -0.402 e. The molecular weight excluding hydrogens is 365 g/mol. The minimum atomic E-state index is -0.414. The lowest BCUT2D eigenvalue weighted by Gasteiger charge is -1.98. The molecule has 3 nitrogen and oxygen atoms in total. The molecule has 2 aromatic carbocycles. The van der Waals surface area contributed by atoms with Gasteiger partial charge in [-0.2, -0.15) is 0 Å². The molecule has 0 bridgehead atoms. The number of carbonyl (C=O) groups excluding carboxylic acids is 1. The van der Waals surface area contributed by atoms with E-state index in [1.807, 2.05) is 54.6 Å². The van der Waals surface area contributed by atoms with Crippen molar-refractivity contribution in [1.29, 1.82) is 0 Å². The third-order valence-corrected chi connectivity index (χ3v) is 3.53. The van der Waals surface area contributed by atoms with Crippen LogP contribution in [-0.4, -0.2) is 11.9 Å². The van der Waals surface area contributed by atoms with Gasteiger partial charge in [0.05, 0.1) is 0 Å². The largest absolute Gasteiger partial charge is 0.402 e. The van der Waals surface area contributed by atoms with Crippen LogP contribution in [0.4, 0.5) is 0 Å². The number of hydrogen-bond donors (Lipinski definition) is 0. The summed E-state index contributed by atoms with van der Waals surface area (Å²) in [4.78, 5) is 16.1. The van der Waals surface area contributed by atoms with Crippen LogP contribution in [0.2, 0.25) is 0 Å². The fourth-order valence-electron chi connectivity index (χ4n) is 1.83. The van der Waals surface area contributed by atoms with Crippen LogP contribution in [0.25, 0.3) is 6.08 Å². The van der Waals surface area contributed by atoms with E-state index in [9.17, 15) is 4.79 Å². The van der Waals surface area contributed by atoms with E-state index in [4.69, 9.17) is 4.74 Å². The number of benzene rings is 2. The first-order valence-electron chi connectivity index (χ1n) is 6.06. The Bertz CT molecular complexity index is 703. The Labute approximate surface area is 130 Å².